The van der Waals surface area contributed by atoms with Crippen LogP contribution in [-0.4, -0.2) is 55.7 Å². The first-order chi connectivity index (χ1) is 9.10. The molecular weight excluding hydrogens is 242 g/mol. The van der Waals surface area contributed by atoms with E-state index in [4.69, 9.17) is 10.5 Å². The van der Waals surface area contributed by atoms with Gasteiger partial charge in [-0.2, -0.15) is 0 Å². The highest BCUT2D eigenvalue weighted by Crippen LogP contribution is 2.18. The zero-order valence-electron chi connectivity index (χ0n) is 12.5. The van der Waals surface area contributed by atoms with Crippen LogP contribution in [0.15, 0.2) is 0 Å². The summed E-state index contributed by atoms with van der Waals surface area (Å²) in [7, 11) is 1.74. The molecule has 1 saturated heterocycles. The molecule has 0 aliphatic carbocycles. The second kappa shape index (κ2) is 8.51. The van der Waals surface area contributed by atoms with Gasteiger partial charge in [-0.25, -0.2) is 0 Å². The molecule has 1 fully saturated rings. The van der Waals surface area contributed by atoms with Crippen molar-refractivity contribution in [2.24, 2.45) is 5.73 Å². The van der Waals surface area contributed by atoms with Gasteiger partial charge in [0.2, 0.25) is 5.91 Å². The first-order valence-electron chi connectivity index (χ1n) is 7.36. The number of piperidine rings is 1. The normalized spacial score (nSPS) is 26.1. The van der Waals surface area contributed by atoms with Gasteiger partial charge in [0.1, 0.15) is 0 Å². The third-order valence-corrected chi connectivity index (χ3v) is 3.87. The molecule has 1 rings (SSSR count). The van der Waals surface area contributed by atoms with E-state index in [1.54, 1.807) is 7.11 Å². The number of likely N-dealkylation sites (tertiary alicyclic amines) is 1. The van der Waals surface area contributed by atoms with Crippen molar-refractivity contribution >= 4 is 5.91 Å². The number of ether oxygens (including phenoxy) is 1. The van der Waals surface area contributed by atoms with Crippen molar-refractivity contribution in [1.82, 2.24) is 10.2 Å². The molecule has 0 aromatic heterocycles. The Balaban J connectivity index is 2.40. The smallest absolute Gasteiger partial charge is 0.234 e. The van der Waals surface area contributed by atoms with Gasteiger partial charge in [-0.05, 0) is 26.2 Å². The molecule has 5 nitrogen and oxygen atoms in total. The van der Waals surface area contributed by atoms with E-state index in [9.17, 15) is 4.79 Å². The molecule has 1 aliphatic rings. The number of amides is 1. The van der Waals surface area contributed by atoms with Crippen molar-refractivity contribution in [2.45, 2.75) is 57.7 Å². The summed E-state index contributed by atoms with van der Waals surface area (Å²) in [6, 6.07) is 0.510. The van der Waals surface area contributed by atoms with Gasteiger partial charge in [0.05, 0.1) is 12.6 Å². The number of hydrogen-bond donors (Lipinski definition) is 2. The average Bonchev–Trinajstić information content (AvgIpc) is 2.39. The number of nitrogens with two attached hydrogens (primary N) is 1. The molecule has 112 valence electrons. The van der Waals surface area contributed by atoms with Crippen molar-refractivity contribution in [2.75, 3.05) is 26.7 Å². The van der Waals surface area contributed by atoms with Gasteiger partial charge in [0, 0.05) is 32.3 Å². The monoisotopic (exact) mass is 271 g/mol. The van der Waals surface area contributed by atoms with Crippen LogP contribution < -0.4 is 11.1 Å². The lowest BCUT2D eigenvalue weighted by Crippen LogP contribution is -2.52. The topological polar surface area (TPSA) is 67.6 Å². The van der Waals surface area contributed by atoms with Gasteiger partial charge >= 0.3 is 0 Å². The van der Waals surface area contributed by atoms with E-state index >= 15 is 0 Å². The predicted molar refractivity (Wildman–Crippen MR) is 77.0 cm³/mol. The van der Waals surface area contributed by atoms with Gasteiger partial charge in [0.25, 0.3) is 0 Å². The summed E-state index contributed by atoms with van der Waals surface area (Å²) in [5.74, 6) is 0.107. The average molecular weight is 271 g/mol. The molecule has 1 heterocycles. The minimum Gasteiger partial charge on any atom is -0.381 e. The molecule has 0 aromatic carbocycles. The van der Waals surface area contributed by atoms with E-state index in [-0.39, 0.29) is 24.1 Å². The molecule has 1 amide bonds. The van der Waals surface area contributed by atoms with Crippen LogP contribution in [0.4, 0.5) is 0 Å². The number of rotatable bonds is 7. The van der Waals surface area contributed by atoms with Gasteiger partial charge < -0.3 is 15.8 Å². The Labute approximate surface area is 116 Å². The van der Waals surface area contributed by atoms with E-state index in [1.807, 2.05) is 0 Å². The van der Waals surface area contributed by atoms with Crippen LogP contribution in [0, 0.1) is 0 Å². The minimum absolute atomic E-state index is 0.107. The predicted octanol–water partition coefficient (Wildman–Crippen LogP) is 0.729. The van der Waals surface area contributed by atoms with Crippen LogP contribution in [0.5, 0.6) is 0 Å². The van der Waals surface area contributed by atoms with E-state index in [0.717, 1.165) is 32.2 Å². The summed E-state index contributed by atoms with van der Waals surface area (Å²) < 4.78 is 5.39. The molecule has 0 radical (unpaired) electrons. The summed E-state index contributed by atoms with van der Waals surface area (Å²) in [6.45, 7) is 6.10. The van der Waals surface area contributed by atoms with Crippen molar-refractivity contribution in [3.8, 4) is 0 Å². The molecule has 3 unspecified atom stereocenters. The zero-order chi connectivity index (χ0) is 14.3. The molecule has 0 spiro atoms. The number of nitrogens with zero attached hydrogens (tertiary/aromatic N) is 1. The van der Waals surface area contributed by atoms with E-state index in [0.29, 0.717) is 13.1 Å². The highest BCUT2D eigenvalue weighted by Gasteiger charge is 2.28. The number of carbonyl (C=O) groups is 1. The standard InChI is InChI=1S/C14H29N3O2/c1-4-5-11(2)16-14(18)10-17-7-6-13(19-3)8-12(17)9-15/h11-13H,4-10,15H2,1-3H3,(H,16,18). The molecule has 1 aliphatic heterocycles. The van der Waals surface area contributed by atoms with E-state index in [1.165, 1.54) is 0 Å². The minimum atomic E-state index is 0.107. The number of hydrogen-bond acceptors (Lipinski definition) is 4. The summed E-state index contributed by atoms with van der Waals surface area (Å²) in [5.41, 5.74) is 5.81. The van der Waals surface area contributed by atoms with Crippen LogP contribution >= 0.6 is 0 Å². The number of methoxy groups -OCH3 is 1. The largest absolute Gasteiger partial charge is 0.381 e. The maximum absolute atomic E-state index is 12.0. The first-order valence-corrected chi connectivity index (χ1v) is 7.36. The van der Waals surface area contributed by atoms with Crippen LogP contribution in [0.1, 0.15) is 39.5 Å². The number of carbonyl (C=O) groups excluding carboxylic acids is 1. The van der Waals surface area contributed by atoms with Gasteiger partial charge in [-0.15, -0.1) is 0 Å². The van der Waals surface area contributed by atoms with Crippen LogP contribution in [0.25, 0.3) is 0 Å². The summed E-state index contributed by atoms with van der Waals surface area (Å²) in [4.78, 5) is 14.2. The van der Waals surface area contributed by atoms with Gasteiger partial charge in [-0.1, -0.05) is 13.3 Å². The quantitative estimate of drug-likeness (QED) is 0.716. The maximum Gasteiger partial charge on any atom is 0.234 e. The SMILES string of the molecule is CCCC(C)NC(=O)CN1CCC(OC)CC1CN. The molecule has 0 saturated carbocycles. The molecule has 0 bridgehead atoms. The molecule has 3 atom stereocenters. The third-order valence-electron chi connectivity index (χ3n) is 3.87. The lowest BCUT2D eigenvalue weighted by Gasteiger charge is -2.38. The summed E-state index contributed by atoms with van der Waals surface area (Å²) in [5, 5.41) is 3.05. The first kappa shape index (κ1) is 16.4. The second-order valence-electron chi connectivity index (χ2n) is 5.50. The fourth-order valence-corrected chi connectivity index (χ4v) is 2.74. The Morgan fingerprint density at radius 2 is 2.32 bits per heavy atom. The van der Waals surface area contributed by atoms with Crippen LogP contribution in [0.2, 0.25) is 0 Å². The van der Waals surface area contributed by atoms with Crippen molar-refractivity contribution < 1.29 is 9.53 Å². The van der Waals surface area contributed by atoms with Crippen molar-refractivity contribution in [3.05, 3.63) is 0 Å². The van der Waals surface area contributed by atoms with Gasteiger partial charge in [0.15, 0.2) is 0 Å². The Hall–Kier alpha value is -0.650. The fourth-order valence-electron chi connectivity index (χ4n) is 2.74. The van der Waals surface area contributed by atoms with Crippen molar-refractivity contribution in [1.29, 1.82) is 0 Å². The Morgan fingerprint density at radius 3 is 2.89 bits per heavy atom. The Morgan fingerprint density at radius 1 is 1.58 bits per heavy atom. The highest BCUT2D eigenvalue weighted by atomic mass is 16.5. The van der Waals surface area contributed by atoms with Crippen LogP contribution in [-0.2, 0) is 9.53 Å². The summed E-state index contributed by atoms with van der Waals surface area (Å²) in [6.07, 6.45) is 4.30. The zero-order valence-corrected chi connectivity index (χ0v) is 12.5. The lowest BCUT2D eigenvalue weighted by molar-refractivity contribution is -0.124. The molecule has 3 N–H and O–H groups in total. The Bertz CT molecular complexity index is 273. The maximum atomic E-state index is 12.0. The Kier molecular flexibility index (Phi) is 7.34. The highest BCUT2D eigenvalue weighted by molar-refractivity contribution is 5.78. The van der Waals surface area contributed by atoms with Crippen LogP contribution in [0.3, 0.4) is 0 Å². The summed E-state index contributed by atoms with van der Waals surface area (Å²) >= 11 is 0. The third kappa shape index (κ3) is 5.47. The number of nitrogens with one attached hydrogen (secondary N) is 1. The fraction of sp³-hybridized carbons (Fsp3) is 0.929. The molecule has 5 heteroatoms. The molecule has 19 heavy (non-hydrogen) atoms. The lowest BCUT2D eigenvalue weighted by atomic mass is 9.99. The van der Waals surface area contributed by atoms with Gasteiger partial charge in [-0.3, -0.25) is 9.69 Å². The van der Waals surface area contributed by atoms with Crippen molar-refractivity contribution in [3.63, 3.8) is 0 Å². The van der Waals surface area contributed by atoms with E-state index in [2.05, 4.69) is 24.1 Å². The molecule has 0 aromatic rings. The van der Waals surface area contributed by atoms with E-state index < -0.39 is 0 Å². The second-order valence-corrected chi connectivity index (χ2v) is 5.50. The molecular formula is C14H29N3O2.